The monoisotopic (exact) mass is 176 g/mol. The Morgan fingerprint density at radius 1 is 0.900 bits per heavy atom. The molecule has 0 amide bonds. The number of ether oxygens (including phenoxy) is 1. The maximum Gasteiger partial charge on any atom is 0.199 e. The van der Waals surface area contributed by atoms with E-state index >= 15 is 0 Å². The predicted molar refractivity (Wildman–Crippen MR) is 46.9 cm³/mol. The fourth-order valence-corrected chi connectivity index (χ4v) is 9.20. The van der Waals surface area contributed by atoms with Crippen LogP contribution in [0, 0.1) is 0 Å². The van der Waals surface area contributed by atoms with Crippen LogP contribution in [0.4, 0.5) is 0 Å². The van der Waals surface area contributed by atoms with Gasteiger partial charge in [0.1, 0.15) is 0 Å². The van der Waals surface area contributed by atoms with Gasteiger partial charge >= 0.3 is 0 Å². The molecule has 0 aliphatic carbocycles. The Morgan fingerprint density at radius 2 is 1.30 bits per heavy atom. The summed E-state index contributed by atoms with van der Waals surface area (Å²) >= 11 is 0. The molecule has 0 unspecified atom stereocenters. The van der Waals surface area contributed by atoms with Gasteiger partial charge in [0.2, 0.25) is 0 Å². The Bertz CT molecular complexity index is 120. The molecule has 0 atom stereocenters. The quantitative estimate of drug-likeness (QED) is 0.521. The topological polar surface area (TPSA) is 18.5 Å². The molecule has 1 rings (SSSR count). The van der Waals surface area contributed by atoms with E-state index < -0.39 is 16.6 Å². The van der Waals surface area contributed by atoms with Crippen molar-refractivity contribution in [3.8, 4) is 0 Å². The van der Waals surface area contributed by atoms with Crippen molar-refractivity contribution < 1.29 is 8.85 Å². The molecule has 60 valence electrons. The first-order valence-electron chi connectivity index (χ1n) is 3.69. The molecule has 1 fully saturated rings. The normalized spacial score (nSPS) is 30.0. The predicted octanol–water partition coefficient (Wildman–Crippen LogP) is 1.52. The van der Waals surface area contributed by atoms with Gasteiger partial charge in [0.15, 0.2) is 16.6 Å². The van der Waals surface area contributed by atoms with Gasteiger partial charge in [0, 0.05) is 0 Å². The molecule has 4 heteroatoms. The minimum absolute atomic E-state index is 0.878. The van der Waals surface area contributed by atoms with E-state index in [4.69, 9.17) is 8.85 Å². The van der Waals surface area contributed by atoms with E-state index in [0.717, 1.165) is 12.5 Å². The van der Waals surface area contributed by atoms with Crippen LogP contribution < -0.4 is 0 Å². The third-order valence-electron chi connectivity index (χ3n) is 1.45. The van der Waals surface area contributed by atoms with E-state index in [1.165, 1.54) is 0 Å². The van der Waals surface area contributed by atoms with Gasteiger partial charge in [0.25, 0.3) is 0 Å². The Balaban J connectivity index is 2.56. The van der Waals surface area contributed by atoms with E-state index in [0.29, 0.717) is 0 Å². The highest BCUT2D eigenvalue weighted by molar-refractivity contribution is 6.85. The van der Waals surface area contributed by atoms with Crippen LogP contribution in [0.25, 0.3) is 0 Å². The fourth-order valence-electron chi connectivity index (χ4n) is 1.35. The molecule has 0 N–H and O–H groups in total. The average molecular weight is 176 g/mol. The van der Waals surface area contributed by atoms with Crippen LogP contribution in [-0.4, -0.2) is 29.1 Å². The SMILES string of the molecule is C[Si]1(C)COC[Si](C)(C)O1. The van der Waals surface area contributed by atoms with Crippen LogP contribution in [0.3, 0.4) is 0 Å². The van der Waals surface area contributed by atoms with Crippen molar-refractivity contribution in [3.05, 3.63) is 0 Å². The first-order valence-corrected chi connectivity index (χ1v) is 9.92. The van der Waals surface area contributed by atoms with Crippen molar-refractivity contribution in [1.82, 2.24) is 0 Å². The highest BCUT2D eigenvalue weighted by Gasteiger charge is 2.38. The maximum absolute atomic E-state index is 6.01. The van der Waals surface area contributed by atoms with Crippen molar-refractivity contribution in [1.29, 1.82) is 0 Å². The minimum atomic E-state index is -1.39. The highest BCUT2D eigenvalue weighted by Crippen LogP contribution is 2.19. The lowest BCUT2D eigenvalue weighted by atomic mass is 11.5. The lowest BCUT2D eigenvalue weighted by Gasteiger charge is -2.38. The summed E-state index contributed by atoms with van der Waals surface area (Å²) in [7, 11) is -2.77. The lowest BCUT2D eigenvalue weighted by Crippen LogP contribution is -2.55. The largest absolute Gasteiger partial charge is 0.453 e. The van der Waals surface area contributed by atoms with Crippen LogP contribution in [0.2, 0.25) is 26.2 Å². The van der Waals surface area contributed by atoms with E-state index in [1.54, 1.807) is 0 Å². The summed E-state index contributed by atoms with van der Waals surface area (Å²) in [5, 5.41) is 0. The molecule has 0 bridgehead atoms. The van der Waals surface area contributed by atoms with Gasteiger partial charge in [-0.2, -0.15) is 0 Å². The van der Waals surface area contributed by atoms with Crippen LogP contribution >= 0.6 is 0 Å². The second-order valence-corrected chi connectivity index (χ2v) is 12.5. The second-order valence-electron chi connectivity index (χ2n) is 4.11. The molecule has 1 aliphatic rings. The van der Waals surface area contributed by atoms with Gasteiger partial charge in [-0.15, -0.1) is 0 Å². The Kier molecular flexibility index (Phi) is 2.06. The van der Waals surface area contributed by atoms with Crippen molar-refractivity contribution in [2.45, 2.75) is 26.2 Å². The number of hydrogen-bond donors (Lipinski definition) is 0. The summed E-state index contributed by atoms with van der Waals surface area (Å²) in [5.74, 6) is 0. The minimum Gasteiger partial charge on any atom is -0.453 e. The summed E-state index contributed by atoms with van der Waals surface area (Å²) in [5.41, 5.74) is 0. The van der Waals surface area contributed by atoms with Crippen molar-refractivity contribution in [2.24, 2.45) is 0 Å². The van der Waals surface area contributed by atoms with Crippen molar-refractivity contribution in [3.63, 3.8) is 0 Å². The molecule has 0 aromatic rings. The van der Waals surface area contributed by atoms with Crippen LogP contribution in [-0.2, 0) is 8.85 Å². The molecule has 0 aromatic heterocycles. The third kappa shape index (κ3) is 2.19. The van der Waals surface area contributed by atoms with Gasteiger partial charge in [-0.25, -0.2) is 0 Å². The van der Waals surface area contributed by atoms with Gasteiger partial charge in [-0.1, -0.05) is 0 Å². The van der Waals surface area contributed by atoms with Crippen molar-refractivity contribution in [2.75, 3.05) is 12.5 Å². The second kappa shape index (κ2) is 2.44. The van der Waals surface area contributed by atoms with Gasteiger partial charge in [-0.3, -0.25) is 0 Å². The van der Waals surface area contributed by atoms with Crippen LogP contribution in [0.1, 0.15) is 0 Å². The third-order valence-corrected chi connectivity index (χ3v) is 7.67. The lowest BCUT2D eigenvalue weighted by molar-refractivity contribution is 0.174. The standard InChI is InChI=1S/C6H16O2Si2/c1-9(2)5-7-6-10(3,4)8-9/h5-6H2,1-4H3. The number of hydrogen-bond acceptors (Lipinski definition) is 2. The average Bonchev–Trinajstić information content (AvgIpc) is 1.56. The fraction of sp³-hybridized carbons (Fsp3) is 1.00. The Hall–Kier alpha value is 0.354. The van der Waals surface area contributed by atoms with E-state index in [2.05, 4.69) is 26.2 Å². The Morgan fingerprint density at radius 3 is 1.50 bits per heavy atom. The molecule has 0 spiro atoms. The van der Waals surface area contributed by atoms with Crippen LogP contribution in [0.5, 0.6) is 0 Å². The maximum atomic E-state index is 6.01. The molecule has 10 heavy (non-hydrogen) atoms. The van der Waals surface area contributed by atoms with Gasteiger partial charge in [-0.05, 0) is 26.2 Å². The number of rotatable bonds is 0. The first-order chi connectivity index (χ1) is 4.41. The zero-order valence-electron chi connectivity index (χ0n) is 7.23. The zero-order chi connectivity index (χ0) is 7.83. The smallest absolute Gasteiger partial charge is 0.199 e. The van der Waals surface area contributed by atoms with E-state index in [1.807, 2.05) is 0 Å². The molecular formula is C6H16O2Si2. The van der Waals surface area contributed by atoms with Crippen LogP contribution in [0.15, 0.2) is 0 Å². The first kappa shape index (κ1) is 8.45. The molecule has 1 aliphatic heterocycles. The van der Waals surface area contributed by atoms with E-state index in [9.17, 15) is 0 Å². The molecule has 0 aromatic carbocycles. The van der Waals surface area contributed by atoms with Gasteiger partial charge in [0.05, 0.1) is 12.5 Å². The van der Waals surface area contributed by atoms with Gasteiger partial charge < -0.3 is 8.85 Å². The molecule has 1 saturated heterocycles. The molecule has 2 nitrogen and oxygen atoms in total. The summed E-state index contributed by atoms with van der Waals surface area (Å²) in [6.45, 7) is 8.89. The van der Waals surface area contributed by atoms with Crippen molar-refractivity contribution >= 4 is 16.6 Å². The summed E-state index contributed by atoms with van der Waals surface area (Å²) in [4.78, 5) is 0. The highest BCUT2D eigenvalue weighted by atomic mass is 28.4. The zero-order valence-corrected chi connectivity index (χ0v) is 9.23. The summed E-state index contributed by atoms with van der Waals surface area (Å²) < 4.78 is 11.5. The molecule has 0 radical (unpaired) electrons. The summed E-state index contributed by atoms with van der Waals surface area (Å²) in [6.07, 6.45) is 1.76. The Labute approximate surface area is 64.8 Å². The molecular weight excluding hydrogens is 160 g/mol. The van der Waals surface area contributed by atoms with E-state index in [-0.39, 0.29) is 0 Å². The summed E-state index contributed by atoms with van der Waals surface area (Å²) in [6, 6.07) is 0. The molecule has 0 saturated carbocycles. The molecule has 1 heterocycles.